The highest BCUT2D eigenvalue weighted by Crippen LogP contribution is 2.45. The normalized spacial score (nSPS) is 16.6. The highest BCUT2D eigenvalue weighted by atomic mass is 16.2. The number of hydrogen-bond donors (Lipinski definition) is 2. The molecule has 3 heteroatoms. The molecular formula is C17H26N2O. The van der Waals surface area contributed by atoms with Crippen LogP contribution in [0.3, 0.4) is 0 Å². The molecule has 1 fully saturated rings. The van der Waals surface area contributed by atoms with Crippen molar-refractivity contribution in [3.8, 4) is 0 Å². The minimum absolute atomic E-state index is 0.0516. The van der Waals surface area contributed by atoms with Crippen molar-refractivity contribution in [3.63, 3.8) is 0 Å². The number of amides is 2. The topological polar surface area (TPSA) is 41.1 Å². The number of benzene rings is 1. The summed E-state index contributed by atoms with van der Waals surface area (Å²) in [7, 11) is 0. The Morgan fingerprint density at radius 2 is 1.80 bits per heavy atom. The molecule has 0 radical (unpaired) electrons. The molecule has 0 aromatic heterocycles. The Hall–Kier alpha value is -1.51. The lowest BCUT2D eigenvalue weighted by molar-refractivity contribution is 0.236. The van der Waals surface area contributed by atoms with Gasteiger partial charge in [0.05, 0.1) is 5.54 Å². The fourth-order valence-corrected chi connectivity index (χ4v) is 2.40. The molecule has 1 aromatic carbocycles. The number of urea groups is 1. The smallest absolute Gasteiger partial charge is 0.315 e. The summed E-state index contributed by atoms with van der Waals surface area (Å²) in [5.74, 6) is 0. The maximum absolute atomic E-state index is 11.8. The van der Waals surface area contributed by atoms with Gasteiger partial charge in [0.1, 0.15) is 0 Å². The zero-order valence-electron chi connectivity index (χ0n) is 13.0. The van der Waals surface area contributed by atoms with Crippen molar-refractivity contribution in [2.24, 2.45) is 0 Å². The first-order valence-electron chi connectivity index (χ1n) is 7.54. The molecule has 1 aliphatic carbocycles. The molecule has 0 aliphatic heterocycles. The fraction of sp³-hybridized carbons (Fsp3) is 0.588. The van der Waals surface area contributed by atoms with E-state index in [1.54, 1.807) is 0 Å². The average Bonchev–Trinajstić information content (AvgIpc) is 3.16. The second-order valence-corrected chi connectivity index (χ2v) is 6.79. The van der Waals surface area contributed by atoms with Crippen molar-refractivity contribution >= 4 is 6.03 Å². The molecule has 1 saturated carbocycles. The fourth-order valence-electron chi connectivity index (χ4n) is 2.40. The summed E-state index contributed by atoms with van der Waals surface area (Å²) in [6, 6.07) is 8.63. The van der Waals surface area contributed by atoms with Gasteiger partial charge in [0.15, 0.2) is 0 Å². The van der Waals surface area contributed by atoms with Gasteiger partial charge in [-0.15, -0.1) is 0 Å². The number of hydrogen-bond acceptors (Lipinski definition) is 1. The lowest BCUT2D eigenvalue weighted by Crippen LogP contribution is -2.42. The van der Waals surface area contributed by atoms with Crippen LogP contribution < -0.4 is 10.6 Å². The van der Waals surface area contributed by atoms with Crippen molar-refractivity contribution in [2.45, 2.75) is 57.9 Å². The molecule has 0 atom stereocenters. The molecule has 0 heterocycles. The Bertz CT molecular complexity index is 467. The summed E-state index contributed by atoms with van der Waals surface area (Å²) < 4.78 is 0. The molecule has 0 unspecified atom stereocenters. The molecule has 0 bridgehead atoms. The second-order valence-electron chi connectivity index (χ2n) is 6.79. The zero-order valence-corrected chi connectivity index (χ0v) is 13.0. The first kappa shape index (κ1) is 14.9. The quantitative estimate of drug-likeness (QED) is 0.864. The van der Waals surface area contributed by atoms with Crippen molar-refractivity contribution < 1.29 is 4.79 Å². The van der Waals surface area contributed by atoms with E-state index in [1.807, 2.05) is 0 Å². The van der Waals surface area contributed by atoms with E-state index in [0.29, 0.717) is 0 Å². The molecule has 110 valence electrons. The van der Waals surface area contributed by atoms with Crippen molar-refractivity contribution in [1.29, 1.82) is 0 Å². The Kier molecular flexibility index (Phi) is 4.07. The summed E-state index contributed by atoms with van der Waals surface area (Å²) in [6.45, 7) is 9.42. The number of carbonyl (C=O) groups excluding carboxylic acids is 1. The van der Waals surface area contributed by atoms with Crippen LogP contribution in [-0.2, 0) is 11.0 Å². The van der Waals surface area contributed by atoms with Crippen LogP contribution in [-0.4, -0.2) is 12.6 Å². The van der Waals surface area contributed by atoms with E-state index in [4.69, 9.17) is 0 Å². The van der Waals surface area contributed by atoms with E-state index in [0.717, 1.165) is 25.8 Å². The van der Waals surface area contributed by atoms with Crippen LogP contribution >= 0.6 is 0 Å². The summed E-state index contributed by atoms with van der Waals surface area (Å²) in [4.78, 5) is 11.8. The molecular weight excluding hydrogens is 248 g/mol. The Morgan fingerprint density at radius 3 is 2.25 bits per heavy atom. The number of rotatable bonds is 4. The van der Waals surface area contributed by atoms with Gasteiger partial charge in [-0.25, -0.2) is 4.79 Å². The van der Waals surface area contributed by atoms with E-state index in [2.05, 4.69) is 62.6 Å². The maximum Gasteiger partial charge on any atom is 0.315 e. The van der Waals surface area contributed by atoms with Crippen molar-refractivity contribution in [1.82, 2.24) is 10.6 Å². The van der Waals surface area contributed by atoms with Crippen LogP contribution in [0.25, 0.3) is 0 Å². The van der Waals surface area contributed by atoms with Crippen LogP contribution in [0, 0.1) is 0 Å². The van der Waals surface area contributed by atoms with Gasteiger partial charge in [0, 0.05) is 6.54 Å². The third-order valence-electron chi connectivity index (χ3n) is 3.94. The first-order valence-corrected chi connectivity index (χ1v) is 7.54. The Labute approximate surface area is 122 Å². The zero-order chi connectivity index (χ0) is 14.8. The van der Waals surface area contributed by atoms with Crippen LogP contribution in [0.15, 0.2) is 24.3 Å². The highest BCUT2D eigenvalue weighted by Gasteiger charge is 2.45. The van der Waals surface area contributed by atoms with Gasteiger partial charge in [-0.1, -0.05) is 52.0 Å². The lowest BCUT2D eigenvalue weighted by atomic mass is 9.86. The molecule has 3 nitrogen and oxygen atoms in total. The summed E-state index contributed by atoms with van der Waals surface area (Å²) >= 11 is 0. The molecule has 1 aliphatic rings. The van der Waals surface area contributed by atoms with Crippen LogP contribution in [0.2, 0.25) is 0 Å². The minimum atomic E-state index is -0.131. The maximum atomic E-state index is 11.8. The standard InChI is InChI=1S/C17H26N2O/c1-5-12-18-15(20)19-17(10-11-17)14-8-6-13(7-9-14)16(2,3)4/h6-9H,5,10-12H2,1-4H3,(H2,18,19,20). The number of nitrogens with one attached hydrogen (secondary N) is 2. The van der Waals surface area contributed by atoms with Crippen molar-refractivity contribution in [3.05, 3.63) is 35.4 Å². The van der Waals surface area contributed by atoms with Crippen molar-refractivity contribution in [2.75, 3.05) is 6.54 Å². The molecule has 2 rings (SSSR count). The van der Waals surface area contributed by atoms with Gasteiger partial charge in [0.25, 0.3) is 0 Å². The van der Waals surface area contributed by atoms with E-state index < -0.39 is 0 Å². The number of carbonyl (C=O) groups is 1. The lowest BCUT2D eigenvalue weighted by Gasteiger charge is -2.22. The van der Waals surface area contributed by atoms with Crippen LogP contribution in [0.5, 0.6) is 0 Å². The highest BCUT2D eigenvalue weighted by molar-refractivity contribution is 5.75. The Morgan fingerprint density at radius 1 is 1.20 bits per heavy atom. The molecule has 2 amide bonds. The van der Waals surface area contributed by atoms with E-state index in [-0.39, 0.29) is 17.0 Å². The summed E-state index contributed by atoms with van der Waals surface area (Å²) in [6.07, 6.45) is 3.02. The molecule has 0 spiro atoms. The van der Waals surface area contributed by atoms with Gasteiger partial charge < -0.3 is 10.6 Å². The van der Waals surface area contributed by atoms with Crippen LogP contribution in [0.1, 0.15) is 58.1 Å². The van der Waals surface area contributed by atoms with Gasteiger partial charge in [0.2, 0.25) is 0 Å². The summed E-state index contributed by atoms with van der Waals surface area (Å²) in [5, 5.41) is 6.01. The van der Waals surface area contributed by atoms with E-state index >= 15 is 0 Å². The van der Waals surface area contributed by atoms with Gasteiger partial charge in [-0.3, -0.25) is 0 Å². The average molecular weight is 274 g/mol. The van der Waals surface area contributed by atoms with Gasteiger partial charge in [-0.2, -0.15) is 0 Å². The van der Waals surface area contributed by atoms with Gasteiger partial charge >= 0.3 is 6.03 Å². The van der Waals surface area contributed by atoms with E-state index in [1.165, 1.54) is 11.1 Å². The summed E-state index contributed by atoms with van der Waals surface area (Å²) in [5.41, 5.74) is 2.58. The molecule has 0 saturated heterocycles. The SMILES string of the molecule is CCCNC(=O)NC1(c2ccc(C(C)(C)C)cc2)CC1. The first-order chi connectivity index (χ1) is 9.37. The van der Waals surface area contributed by atoms with Crippen LogP contribution in [0.4, 0.5) is 4.79 Å². The van der Waals surface area contributed by atoms with E-state index in [9.17, 15) is 4.79 Å². The third kappa shape index (κ3) is 3.33. The largest absolute Gasteiger partial charge is 0.338 e. The molecule has 1 aromatic rings. The monoisotopic (exact) mass is 274 g/mol. The van der Waals surface area contributed by atoms with Gasteiger partial charge in [-0.05, 0) is 35.8 Å². The minimum Gasteiger partial charge on any atom is -0.338 e. The predicted molar refractivity (Wildman–Crippen MR) is 82.9 cm³/mol. The molecule has 20 heavy (non-hydrogen) atoms. The third-order valence-corrected chi connectivity index (χ3v) is 3.94. The second kappa shape index (κ2) is 5.47. The Balaban J connectivity index is 2.05. The molecule has 2 N–H and O–H groups in total. The predicted octanol–water partition coefficient (Wildman–Crippen LogP) is 3.68.